The first-order valence-electron chi connectivity index (χ1n) is 8.92. The van der Waals surface area contributed by atoms with E-state index in [4.69, 9.17) is 0 Å². The molecule has 2 saturated heterocycles. The molecule has 0 bridgehead atoms. The van der Waals surface area contributed by atoms with E-state index in [1.807, 2.05) is 4.90 Å². The van der Waals surface area contributed by atoms with Crippen molar-refractivity contribution in [1.29, 1.82) is 0 Å². The molecule has 0 aliphatic carbocycles. The van der Waals surface area contributed by atoms with Crippen molar-refractivity contribution >= 4 is 17.3 Å². The highest BCUT2D eigenvalue weighted by molar-refractivity contribution is 5.71. The molecule has 0 spiro atoms. The maximum absolute atomic E-state index is 11.8. The first-order valence-corrected chi connectivity index (χ1v) is 8.92. The second kappa shape index (κ2) is 7.74. The molecule has 0 amide bonds. The van der Waals surface area contributed by atoms with Gasteiger partial charge in [-0.3, -0.25) is 10.1 Å². The summed E-state index contributed by atoms with van der Waals surface area (Å²) in [6, 6.07) is 0. The molecule has 2 aliphatic heterocycles. The van der Waals surface area contributed by atoms with E-state index in [1.165, 1.54) is 19.2 Å². The van der Waals surface area contributed by atoms with Gasteiger partial charge in [-0.15, -0.1) is 0 Å². The van der Waals surface area contributed by atoms with Crippen molar-refractivity contribution in [2.24, 2.45) is 0 Å². The number of anilines is 2. The molecule has 8 nitrogen and oxygen atoms in total. The summed E-state index contributed by atoms with van der Waals surface area (Å²) in [6.07, 6.45) is 5.97. The summed E-state index contributed by atoms with van der Waals surface area (Å²) in [5.41, 5.74) is 0.0735. The minimum Gasteiger partial charge on any atom is -0.351 e. The minimum atomic E-state index is -0.304. The van der Waals surface area contributed by atoms with Crippen molar-refractivity contribution in [3.63, 3.8) is 0 Å². The van der Waals surface area contributed by atoms with E-state index in [1.54, 1.807) is 0 Å². The zero-order valence-electron chi connectivity index (χ0n) is 14.4. The lowest BCUT2D eigenvalue weighted by Crippen LogP contribution is -2.46. The van der Waals surface area contributed by atoms with E-state index < -0.39 is 0 Å². The van der Waals surface area contributed by atoms with E-state index in [9.17, 15) is 10.1 Å². The Labute approximate surface area is 142 Å². The van der Waals surface area contributed by atoms with Crippen molar-refractivity contribution in [3.05, 3.63) is 16.4 Å². The summed E-state index contributed by atoms with van der Waals surface area (Å²) in [4.78, 5) is 26.5. The monoisotopic (exact) mass is 334 g/mol. The number of rotatable bonds is 4. The molecule has 0 unspecified atom stereocenters. The first kappa shape index (κ1) is 16.9. The van der Waals surface area contributed by atoms with E-state index in [0.717, 1.165) is 58.7 Å². The van der Waals surface area contributed by atoms with Gasteiger partial charge < -0.3 is 14.7 Å². The van der Waals surface area contributed by atoms with Crippen LogP contribution < -0.4 is 9.80 Å². The lowest BCUT2D eigenvalue weighted by atomic mass is 10.2. The molecular formula is C16H26N6O2. The number of hydrogen-bond donors (Lipinski definition) is 0. The van der Waals surface area contributed by atoms with Gasteiger partial charge in [-0.2, -0.15) is 0 Å². The van der Waals surface area contributed by atoms with Gasteiger partial charge >= 0.3 is 5.69 Å². The number of hydrogen-bond acceptors (Lipinski definition) is 7. The Balaban J connectivity index is 1.89. The maximum atomic E-state index is 11.8. The van der Waals surface area contributed by atoms with Crippen LogP contribution in [0.25, 0.3) is 0 Å². The van der Waals surface area contributed by atoms with Gasteiger partial charge in [0.05, 0.1) is 4.92 Å². The summed E-state index contributed by atoms with van der Waals surface area (Å²) in [7, 11) is 0. The zero-order chi connectivity index (χ0) is 16.9. The maximum Gasteiger partial charge on any atom is 0.353 e. The first-order chi connectivity index (χ1) is 11.7. The van der Waals surface area contributed by atoms with E-state index >= 15 is 0 Å². The third-order valence-electron chi connectivity index (χ3n) is 4.99. The van der Waals surface area contributed by atoms with Crippen LogP contribution in [0.3, 0.4) is 0 Å². The molecular weight excluding hydrogens is 308 g/mol. The second-order valence-electron chi connectivity index (χ2n) is 6.45. The lowest BCUT2D eigenvalue weighted by Gasteiger charge is -2.34. The second-order valence-corrected chi connectivity index (χ2v) is 6.45. The van der Waals surface area contributed by atoms with Crippen LogP contribution in [0.2, 0.25) is 0 Å². The number of nitrogens with zero attached hydrogens (tertiary/aromatic N) is 6. The third kappa shape index (κ3) is 3.58. The van der Waals surface area contributed by atoms with Crippen molar-refractivity contribution < 1.29 is 4.92 Å². The van der Waals surface area contributed by atoms with Gasteiger partial charge in [-0.25, -0.2) is 9.97 Å². The molecule has 132 valence electrons. The SMILES string of the molecule is CCN1CCN(c2ncnc(N3CCCCCC3)c2[N+](=O)[O-])CC1. The van der Waals surface area contributed by atoms with Gasteiger partial charge in [0.1, 0.15) is 6.33 Å². The summed E-state index contributed by atoms with van der Waals surface area (Å²) in [5, 5.41) is 11.8. The highest BCUT2D eigenvalue weighted by Crippen LogP contribution is 2.35. The van der Waals surface area contributed by atoms with Gasteiger partial charge in [0.2, 0.25) is 11.6 Å². The molecule has 0 saturated carbocycles. The normalized spacial score (nSPS) is 20.0. The number of aromatic nitrogens is 2. The van der Waals surface area contributed by atoms with Gasteiger partial charge in [0.15, 0.2) is 0 Å². The molecule has 3 heterocycles. The Morgan fingerprint density at radius 1 is 0.958 bits per heavy atom. The number of likely N-dealkylation sites (N-methyl/N-ethyl adjacent to an activating group) is 1. The van der Waals surface area contributed by atoms with Gasteiger partial charge in [0.25, 0.3) is 0 Å². The van der Waals surface area contributed by atoms with Crippen molar-refractivity contribution in [2.75, 3.05) is 55.6 Å². The molecule has 0 N–H and O–H groups in total. The molecule has 8 heteroatoms. The fourth-order valence-electron chi connectivity index (χ4n) is 3.55. The summed E-state index contributed by atoms with van der Waals surface area (Å²) in [5.74, 6) is 0.967. The Hall–Kier alpha value is -1.96. The highest BCUT2D eigenvalue weighted by atomic mass is 16.6. The van der Waals surface area contributed by atoms with Crippen molar-refractivity contribution in [3.8, 4) is 0 Å². The zero-order valence-corrected chi connectivity index (χ0v) is 14.4. The van der Waals surface area contributed by atoms with E-state index in [-0.39, 0.29) is 10.6 Å². The number of nitro groups is 1. The third-order valence-corrected chi connectivity index (χ3v) is 4.99. The molecule has 0 radical (unpaired) electrons. The Morgan fingerprint density at radius 3 is 2.00 bits per heavy atom. The molecule has 2 fully saturated rings. The largest absolute Gasteiger partial charge is 0.353 e. The predicted octanol–water partition coefficient (Wildman–Crippen LogP) is 1.91. The summed E-state index contributed by atoms with van der Waals surface area (Å²) in [6.45, 7) is 8.18. The lowest BCUT2D eigenvalue weighted by molar-refractivity contribution is -0.383. The highest BCUT2D eigenvalue weighted by Gasteiger charge is 2.31. The minimum absolute atomic E-state index is 0.0735. The van der Waals surface area contributed by atoms with Crippen molar-refractivity contribution in [1.82, 2.24) is 14.9 Å². The van der Waals surface area contributed by atoms with Crippen LogP contribution in [0.4, 0.5) is 17.3 Å². The average Bonchev–Trinajstić information content (AvgIpc) is 2.90. The van der Waals surface area contributed by atoms with Crippen molar-refractivity contribution in [2.45, 2.75) is 32.6 Å². The molecule has 0 aromatic carbocycles. The molecule has 24 heavy (non-hydrogen) atoms. The summed E-state index contributed by atoms with van der Waals surface area (Å²) < 4.78 is 0. The van der Waals surface area contributed by atoms with E-state index in [2.05, 4.69) is 26.7 Å². The predicted molar refractivity (Wildman–Crippen MR) is 93.7 cm³/mol. The fourth-order valence-corrected chi connectivity index (χ4v) is 3.55. The Morgan fingerprint density at radius 2 is 1.50 bits per heavy atom. The molecule has 1 aromatic rings. The average molecular weight is 334 g/mol. The van der Waals surface area contributed by atoms with Gasteiger partial charge in [-0.1, -0.05) is 19.8 Å². The van der Waals surface area contributed by atoms with Gasteiger partial charge in [0, 0.05) is 39.3 Å². The Bertz CT molecular complexity index is 566. The molecule has 3 rings (SSSR count). The number of piperazine rings is 1. The quantitative estimate of drug-likeness (QED) is 0.614. The van der Waals surface area contributed by atoms with Gasteiger partial charge in [-0.05, 0) is 19.4 Å². The molecule has 0 atom stereocenters. The van der Waals surface area contributed by atoms with Crippen LogP contribution in [-0.4, -0.2) is 65.6 Å². The standard InChI is InChI=1S/C16H26N6O2/c1-2-19-9-11-21(12-10-19)16-14(22(23)24)15(17-13-18-16)20-7-5-3-4-6-8-20/h13H,2-12H2,1H3. The van der Waals surface area contributed by atoms with Crippen LogP contribution in [-0.2, 0) is 0 Å². The smallest absolute Gasteiger partial charge is 0.351 e. The molecule has 2 aliphatic rings. The van der Waals surface area contributed by atoms with Crippen LogP contribution in [0, 0.1) is 10.1 Å². The van der Waals surface area contributed by atoms with E-state index in [0.29, 0.717) is 11.6 Å². The topological polar surface area (TPSA) is 78.6 Å². The summed E-state index contributed by atoms with van der Waals surface area (Å²) >= 11 is 0. The molecule has 1 aromatic heterocycles. The van der Waals surface area contributed by atoms with Crippen LogP contribution in [0.15, 0.2) is 6.33 Å². The van der Waals surface area contributed by atoms with Crippen LogP contribution in [0.5, 0.6) is 0 Å². The van der Waals surface area contributed by atoms with Crippen LogP contribution >= 0.6 is 0 Å². The van der Waals surface area contributed by atoms with Crippen LogP contribution in [0.1, 0.15) is 32.6 Å². The fraction of sp³-hybridized carbons (Fsp3) is 0.750. The Kier molecular flexibility index (Phi) is 5.44.